The van der Waals surface area contributed by atoms with E-state index >= 15 is 0 Å². The minimum atomic E-state index is 0.668. The van der Waals surface area contributed by atoms with Crippen molar-refractivity contribution in [1.82, 2.24) is 20.3 Å². The fraction of sp³-hybridized carbons (Fsp3) is 0.833. The third-order valence-electron chi connectivity index (χ3n) is 3.98. The zero-order valence-corrected chi connectivity index (χ0v) is 10.5. The minimum absolute atomic E-state index is 0.668. The monoisotopic (exact) mass is 222 g/mol. The SMILES string of the molecule is CC1CCC(NCc2cnnn2C)CC1C. The Bertz CT molecular complexity index is 334. The summed E-state index contributed by atoms with van der Waals surface area (Å²) in [5.74, 6) is 1.73. The predicted octanol–water partition coefficient (Wildman–Crippen LogP) is 1.73. The predicted molar refractivity (Wildman–Crippen MR) is 63.8 cm³/mol. The molecule has 16 heavy (non-hydrogen) atoms. The van der Waals surface area contributed by atoms with Crippen LogP contribution in [0.4, 0.5) is 0 Å². The van der Waals surface area contributed by atoms with E-state index < -0.39 is 0 Å². The van der Waals surface area contributed by atoms with Gasteiger partial charge in [0.25, 0.3) is 0 Å². The molecular formula is C12H22N4. The van der Waals surface area contributed by atoms with Crippen LogP contribution in [0.15, 0.2) is 6.20 Å². The van der Waals surface area contributed by atoms with Crippen molar-refractivity contribution in [3.63, 3.8) is 0 Å². The summed E-state index contributed by atoms with van der Waals surface area (Å²) in [5, 5.41) is 11.4. The molecule has 4 heteroatoms. The Morgan fingerprint density at radius 2 is 2.19 bits per heavy atom. The molecule has 1 aliphatic rings. The van der Waals surface area contributed by atoms with E-state index in [0.29, 0.717) is 6.04 Å². The topological polar surface area (TPSA) is 42.7 Å². The highest BCUT2D eigenvalue weighted by atomic mass is 15.4. The Hall–Kier alpha value is -0.900. The van der Waals surface area contributed by atoms with E-state index in [2.05, 4.69) is 29.5 Å². The van der Waals surface area contributed by atoms with E-state index in [-0.39, 0.29) is 0 Å². The standard InChI is InChI=1S/C12H22N4/c1-9-4-5-11(6-10(9)2)13-7-12-8-14-15-16(12)3/h8-11,13H,4-7H2,1-3H3. The Kier molecular flexibility index (Phi) is 3.59. The van der Waals surface area contributed by atoms with Crippen molar-refractivity contribution in [2.45, 2.75) is 45.7 Å². The molecule has 0 amide bonds. The van der Waals surface area contributed by atoms with Crippen LogP contribution in [-0.4, -0.2) is 21.0 Å². The molecule has 0 radical (unpaired) electrons. The van der Waals surface area contributed by atoms with Gasteiger partial charge in [0, 0.05) is 19.6 Å². The number of nitrogens with zero attached hydrogens (tertiary/aromatic N) is 3. The van der Waals surface area contributed by atoms with E-state index in [1.54, 1.807) is 0 Å². The summed E-state index contributed by atoms with van der Waals surface area (Å²) in [7, 11) is 1.94. The quantitative estimate of drug-likeness (QED) is 0.847. The maximum Gasteiger partial charge on any atom is 0.0738 e. The summed E-state index contributed by atoms with van der Waals surface area (Å²) in [6.45, 7) is 5.62. The second kappa shape index (κ2) is 4.95. The van der Waals surface area contributed by atoms with Crippen molar-refractivity contribution in [2.24, 2.45) is 18.9 Å². The van der Waals surface area contributed by atoms with Crippen molar-refractivity contribution < 1.29 is 0 Å². The minimum Gasteiger partial charge on any atom is -0.308 e. The van der Waals surface area contributed by atoms with Gasteiger partial charge in [0.05, 0.1) is 11.9 Å². The summed E-state index contributed by atoms with van der Waals surface area (Å²) < 4.78 is 1.84. The van der Waals surface area contributed by atoms with Crippen LogP contribution in [0, 0.1) is 11.8 Å². The van der Waals surface area contributed by atoms with Crippen LogP contribution in [0.2, 0.25) is 0 Å². The molecule has 0 aromatic carbocycles. The molecule has 3 atom stereocenters. The van der Waals surface area contributed by atoms with E-state index in [4.69, 9.17) is 0 Å². The third kappa shape index (κ3) is 2.61. The maximum absolute atomic E-state index is 3.93. The van der Waals surface area contributed by atoms with Crippen LogP contribution in [0.5, 0.6) is 0 Å². The van der Waals surface area contributed by atoms with Gasteiger partial charge in [-0.25, -0.2) is 0 Å². The summed E-state index contributed by atoms with van der Waals surface area (Å²) in [4.78, 5) is 0. The van der Waals surface area contributed by atoms with Crippen LogP contribution in [0.25, 0.3) is 0 Å². The smallest absolute Gasteiger partial charge is 0.0738 e. The van der Waals surface area contributed by atoms with Gasteiger partial charge in [-0.2, -0.15) is 0 Å². The second-order valence-corrected chi connectivity index (χ2v) is 5.19. The van der Waals surface area contributed by atoms with Gasteiger partial charge in [-0.3, -0.25) is 4.68 Å². The Labute approximate surface area is 97.4 Å². The molecule has 0 spiro atoms. The molecule has 0 saturated heterocycles. The van der Waals surface area contributed by atoms with E-state index in [1.807, 2.05) is 17.9 Å². The molecule has 1 fully saturated rings. The van der Waals surface area contributed by atoms with Crippen molar-refractivity contribution in [1.29, 1.82) is 0 Å². The summed E-state index contributed by atoms with van der Waals surface area (Å²) >= 11 is 0. The number of aromatic nitrogens is 3. The first-order valence-corrected chi connectivity index (χ1v) is 6.23. The summed E-state index contributed by atoms with van der Waals surface area (Å²) in [6, 6.07) is 0.668. The van der Waals surface area contributed by atoms with E-state index in [0.717, 1.165) is 24.1 Å². The molecule has 1 aliphatic carbocycles. The van der Waals surface area contributed by atoms with Crippen LogP contribution in [0.3, 0.4) is 0 Å². The molecule has 90 valence electrons. The number of hydrogen-bond acceptors (Lipinski definition) is 3. The Morgan fingerprint density at radius 3 is 2.81 bits per heavy atom. The van der Waals surface area contributed by atoms with Gasteiger partial charge in [-0.15, -0.1) is 5.10 Å². The second-order valence-electron chi connectivity index (χ2n) is 5.19. The van der Waals surface area contributed by atoms with Gasteiger partial charge in [0.15, 0.2) is 0 Å². The molecule has 1 aromatic heterocycles. The summed E-state index contributed by atoms with van der Waals surface area (Å²) in [6.07, 6.45) is 5.79. The molecule has 2 rings (SSSR count). The maximum atomic E-state index is 3.93. The van der Waals surface area contributed by atoms with Gasteiger partial charge in [-0.05, 0) is 31.1 Å². The van der Waals surface area contributed by atoms with Gasteiger partial charge in [-0.1, -0.05) is 19.1 Å². The summed E-state index contributed by atoms with van der Waals surface area (Å²) in [5.41, 5.74) is 1.16. The molecule has 1 N–H and O–H groups in total. The van der Waals surface area contributed by atoms with Crippen LogP contribution in [-0.2, 0) is 13.6 Å². The fourth-order valence-electron chi connectivity index (χ4n) is 2.45. The average Bonchev–Trinajstić information content (AvgIpc) is 2.66. The molecule has 4 nitrogen and oxygen atoms in total. The lowest BCUT2D eigenvalue weighted by molar-refractivity contribution is 0.225. The molecule has 1 heterocycles. The normalized spacial score (nSPS) is 30.6. The first kappa shape index (κ1) is 11.6. The molecular weight excluding hydrogens is 200 g/mol. The van der Waals surface area contributed by atoms with Gasteiger partial charge >= 0.3 is 0 Å². The van der Waals surface area contributed by atoms with Gasteiger partial charge < -0.3 is 5.32 Å². The zero-order chi connectivity index (χ0) is 11.5. The molecule has 0 aliphatic heterocycles. The molecule has 1 saturated carbocycles. The fourth-order valence-corrected chi connectivity index (χ4v) is 2.45. The van der Waals surface area contributed by atoms with Crippen molar-refractivity contribution in [3.8, 4) is 0 Å². The lowest BCUT2D eigenvalue weighted by Crippen LogP contribution is -2.36. The lowest BCUT2D eigenvalue weighted by Gasteiger charge is -2.32. The highest BCUT2D eigenvalue weighted by Crippen LogP contribution is 2.29. The molecule has 1 aromatic rings. The average molecular weight is 222 g/mol. The highest BCUT2D eigenvalue weighted by Gasteiger charge is 2.24. The highest BCUT2D eigenvalue weighted by molar-refractivity contribution is 4.93. The van der Waals surface area contributed by atoms with Crippen molar-refractivity contribution in [3.05, 3.63) is 11.9 Å². The van der Waals surface area contributed by atoms with Gasteiger partial charge in [0.2, 0.25) is 0 Å². The van der Waals surface area contributed by atoms with E-state index in [9.17, 15) is 0 Å². The Balaban J connectivity index is 1.81. The van der Waals surface area contributed by atoms with Crippen LogP contribution >= 0.6 is 0 Å². The number of hydrogen-bond donors (Lipinski definition) is 1. The molecule has 0 bridgehead atoms. The largest absolute Gasteiger partial charge is 0.308 e. The number of nitrogens with one attached hydrogen (secondary N) is 1. The first-order valence-electron chi connectivity index (χ1n) is 6.23. The number of rotatable bonds is 3. The van der Waals surface area contributed by atoms with Gasteiger partial charge in [0.1, 0.15) is 0 Å². The third-order valence-corrected chi connectivity index (χ3v) is 3.98. The van der Waals surface area contributed by atoms with Crippen molar-refractivity contribution in [2.75, 3.05) is 0 Å². The van der Waals surface area contributed by atoms with Crippen molar-refractivity contribution >= 4 is 0 Å². The Morgan fingerprint density at radius 1 is 1.38 bits per heavy atom. The lowest BCUT2D eigenvalue weighted by atomic mass is 9.79. The zero-order valence-electron chi connectivity index (χ0n) is 10.5. The van der Waals surface area contributed by atoms with E-state index in [1.165, 1.54) is 19.3 Å². The van der Waals surface area contributed by atoms with Crippen LogP contribution < -0.4 is 5.32 Å². The first-order chi connectivity index (χ1) is 7.66. The molecule has 3 unspecified atom stereocenters. The van der Waals surface area contributed by atoms with Crippen LogP contribution in [0.1, 0.15) is 38.8 Å². The number of aryl methyl sites for hydroxylation is 1.